The average Bonchev–Trinajstić information content (AvgIpc) is 3.12. The van der Waals surface area contributed by atoms with Crippen LogP contribution in [0.15, 0.2) is 42.7 Å². The maximum Gasteiger partial charge on any atom is 0.258 e. The molecule has 2 amide bonds. The summed E-state index contributed by atoms with van der Waals surface area (Å²) in [5, 5.41) is 2.94. The van der Waals surface area contributed by atoms with Gasteiger partial charge in [0.1, 0.15) is 13.2 Å². The van der Waals surface area contributed by atoms with Gasteiger partial charge in [0.25, 0.3) is 5.91 Å². The molecule has 1 saturated heterocycles. The summed E-state index contributed by atoms with van der Waals surface area (Å²) in [6.45, 7) is 1.76. The third kappa shape index (κ3) is 3.86. The molecule has 0 spiro atoms. The van der Waals surface area contributed by atoms with Crippen LogP contribution in [0.3, 0.4) is 0 Å². The van der Waals surface area contributed by atoms with Crippen LogP contribution in [0.2, 0.25) is 0 Å². The van der Waals surface area contributed by atoms with Crippen molar-refractivity contribution in [2.75, 3.05) is 19.8 Å². The molecule has 27 heavy (non-hydrogen) atoms. The Bertz CT molecular complexity index is 840. The quantitative estimate of drug-likeness (QED) is 0.871. The van der Waals surface area contributed by atoms with E-state index in [2.05, 4.69) is 10.3 Å². The molecule has 3 heterocycles. The summed E-state index contributed by atoms with van der Waals surface area (Å²) in [4.78, 5) is 30.7. The number of benzene rings is 1. The number of rotatable bonds is 5. The van der Waals surface area contributed by atoms with Crippen molar-refractivity contribution in [2.24, 2.45) is 0 Å². The second-order valence-electron chi connectivity index (χ2n) is 6.67. The van der Waals surface area contributed by atoms with Crippen LogP contribution < -0.4 is 14.8 Å². The first-order valence-electron chi connectivity index (χ1n) is 9.07. The van der Waals surface area contributed by atoms with E-state index < -0.39 is 0 Å². The van der Waals surface area contributed by atoms with Crippen LogP contribution in [0.5, 0.6) is 11.5 Å². The zero-order valence-electron chi connectivity index (χ0n) is 14.9. The molecule has 0 aliphatic carbocycles. The fourth-order valence-electron chi connectivity index (χ4n) is 3.42. The van der Waals surface area contributed by atoms with E-state index in [4.69, 9.17) is 9.47 Å². The number of carbonyl (C=O) groups is 2. The molecule has 7 heteroatoms. The number of nitrogens with zero attached hydrogens (tertiary/aromatic N) is 2. The Labute approximate surface area is 157 Å². The lowest BCUT2D eigenvalue weighted by Gasteiger charge is -2.28. The van der Waals surface area contributed by atoms with Gasteiger partial charge in [-0.3, -0.25) is 14.6 Å². The van der Waals surface area contributed by atoms with Crippen LogP contribution in [0, 0.1) is 0 Å². The van der Waals surface area contributed by atoms with Gasteiger partial charge >= 0.3 is 0 Å². The molecule has 2 aliphatic rings. The topological polar surface area (TPSA) is 80.8 Å². The number of fused-ring (bicyclic) bond motifs is 1. The maximum absolute atomic E-state index is 13.4. The number of carbonyl (C=O) groups excluding carboxylic acids is 2. The van der Waals surface area contributed by atoms with Gasteiger partial charge in [-0.2, -0.15) is 0 Å². The smallest absolute Gasteiger partial charge is 0.258 e. The summed E-state index contributed by atoms with van der Waals surface area (Å²) in [7, 11) is 0. The lowest BCUT2D eigenvalue weighted by atomic mass is 10.1. The largest absolute Gasteiger partial charge is 0.486 e. The van der Waals surface area contributed by atoms with Crippen molar-refractivity contribution in [3.05, 3.63) is 53.9 Å². The molecule has 4 rings (SSSR count). The fourth-order valence-corrected chi connectivity index (χ4v) is 3.42. The molecule has 0 saturated carbocycles. The summed E-state index contributed by atoms with van der Waals surface area (Å²) in [5.41, 5.74) is 1.45. The van der Waals surface area contributed by atoms with Gasteiger partial charge in [-0.1, -0.05) is 6.07 Å². The van der Waals surface area contributed by atoms with E-state index in [1.807, 2.05) is 12.1 Å². The Kier molecular flexibility index (Phi) is 4.91. The summed E-state index contributed by atoms with van der Waals surface area (Å²) in [6, 6.07) is 9.07. The number of aromatic nitrogens is 1. The second-order valence-corrected chi connectivity index (χ2v) is 6.67. The molecule has 1 fully saturated rings. The molecule has 1 atom stereocenters. The van der Waals surface area contributed by atoms with Crippen molar-refractivity contribution in [3.63, 3.8) is 0 Å². The van der Waals surface area contributed by atoms with E-state index in [1.165, 1.54) is 0 Å². The standard InChI is InChI=1S/C20H21N3O4/c24-18-5-4-15(22-18)13-23(12-14-6-8-21-9-7-14)20(25)16-2-1-3-17-19(16)27-11-10-26-17/h1-3,6-9,15H,4-5,10-13H2,(H,22,24)/t15-/m0/s1. The molecular formula is C20H21N3O4. The van der Waals surface area contributed by atoms with E-state index >= 15 is 0 Å². The number of pyridine rings is 1. The molecule has 1 aromatic carbocycles. The third-order valence-electron chi connectivity index (χ3n) is 4.73. The van der Waals surface area contributed by atoms with Crippen LogP contribution in [0.1, 0.15) is 28.8 Å². The SMILES string of the molecule is O=C1CC[C@@H](CN(Cc2ccncc2)C(=O)c2cccc3c2OCCO3)N1. The van der Waals surface area contributed by atoms with E-state index in [0.717, 1.165) is 12.0 Å². The van der Waals surface area contributed by atoms with Gasteiger partial charge in [-0.05, 0) is 36.2 Å². The van der Waals surface area contributed by atoms with Gasteiger partial charge in [0, 0.05) is 37.9 Å². The molecule has 1 N–H and O–H groups in total. The van der Waals surface area contributed by atoms with Gasteiger partial charge in [0.05, 0.1) is 5.56 Å². The van der Waals surface area contributed by atoms with Gasteiger partial charge < -0.3 is 19.7 Å². The molecule has 2 aliphatic heterocycles. The zero-order valence-corrected chi connectivity index (χ0v) is 14.9. The molecule has 0 radical (unpaired) electrons. The summed E-state index contributed by atoms with van der Waals surface area (Å²) < 4.78 is 11.3. The number of para-hydroxylation sites is 1. The highest BCUT2D eigenvalue weighted by molar-refractivity contribution is 5.98. The van der Waals surface area contributed by atoms with Crippen LogP contribution in [-0.4, -0.2) is 47.5 Å². The molecular weight excluding hydrogens is 346 g/mol. The predicted molar refractivity (Wildman–Crippen MR) is 97.6 cm³/mol. The van der Waals surface area contributed by atoms with Gasteiger partial charge in [0.15, 0.2) is 11.5 Å². The number of hydrogen-bond donors (Lipinski definition) is 1. The minimum absolute atomic E-state index is 0.0325. The van der Waals surface area contributed by atoms with Crippen molar-refractivity contribution in [1.82, 2.24) is 15.2 Å². The van der Waals surface area contributed by atoms with E-state index in [9.17, 15) is 9.59 Å². The van der Waals surface area contributed by atoms with Gasteiger partial charge in [-0.25, -0.2) is 0 Å². The Morgan fingerprint density at radius 2 is 2.00 bits per heavy atom. The first-order valence-corrected chi connectivity index (χ1v) is 9.07. The summed E-state index contributed by atoms with van der Waals surface area (Å²) in [5.74, 6) is 0.967. The molecule has 2 aromatic rings. The molecule has 1 aromatic heterocycles. The lowest BCUT2D eigenvalue weighted by Crippen LogP contribution is -2.41. The monoisotopic (exact) mass is 367 g/mol. The van der Waals surface area contributed by atoms with E-state index in [1.54, 1.807) is 35.5 Å². The van der Waals surface area contributed by atoms with E-state index in [0.29, 0.717) is 49.8 Å². The van der Waals surface area contributed by atoms with Gasteiger partial charge in [0.2, 0.25) is 5.91 Å². The lowest BCUT2D eigenvalue weighted by molar-refractivity contribution is -0.119. The highest BCUT2D eigenvalue weighted by Crippen LogP contribution is 2.34. The van der Waals surface area contributed by atoms with Crippen molar-refractivity contribution in [2.45, 2.75) is 25.4 Å². The Morgan fingerprint density at radius 3 is 2.78 bits per heavy atom. The Morgan fingerprint density at radius 1 is 1.19 bits per heavy atom. The number of nitrogens with one attached hydrogen (secondary N) is 1. The summed E-state index contributed by atoms with van der Waals surface area (Å²) in [6.07, 6.45) is 4.64. The number of amides is 2. The molecule has 0 bridgehead atoms. The average molecular weight is 367 g/mol. The first-order chi connectivity index (χ1) is 13.2. The molecule has 0 unspecified atom stereocenters. The van der Waals surface area contributed by atoms with Crippen molar-refractivity contribution in [3.8, 4) is 11.5 Å². The van der Waals surface area contributed by atoms with Crippen LogP contribution in [0.25, 0.3) is 0 Å². The second kappa shape index (κ2) is 7.65. The van der Waals surface area contributed by atoms with Crippen molar-refractivity contribution < 1.29 is 19.1 Å². The first kappa shape index (κ1) is 17.3. The molecule has 140 valence electrons. The molecule has 7 nitrogen and oxygen atoms in total. The van der Waals surface area contributed by atoms with Gasteiger partial charge in [-0.15, -0.1) is 0 Å². The highest BCUT2D eigenvalue weighted by atomic mass is 16.6. The Balaban J connectivity index is 1.61. The normalized spacial score (nSPS) is 18.1. The minimum Gasteiger partial charge on any atom is -0.486 e. The third-order valence-corrected chi connectivity index (χ3v) is 4.73. The van der Waals surface area contributed by atoms with Crippen LogP contribution in [-0.2, 0) is 11.3 Å². The Hall–Kier alpha value is -3.09. The summed E-state index contributed by atoms with van der Waals surface area (Å²) >= 11 is 0. The fraction of sp³-hybridized carbons (Fsp3) is 0.350. The van der Waals surface area contributed by atoms with Crippen LogP contribution >= 0.6 is 0 Å². The highest BCUT2D eigenvalue weighted by Gasteiger charge is 2.29. The van der Waals surface area contributed by atoms with Crippen molar-refractivity contribution >= 4 is 11.8 Å². The minimum atomic E-state index is -0.143. The maximum atomic E-state index is 13.4. The van der Waals surface area contributed by atoms with Crippen LogP contribution in [0.4, 0.5) is 0 Å². The number of hydrogen-bond acceptors (Lipinski definition) is 5. The number of ether oxygens (including phenoxy) is 2. The van der Waals surface area contributed by atoms with Crippen molar-refractivity contribution in [1.29, 1.82) is 0 Å². The zero-order chi connectivity index (χ0) is 18.6. The predicted octanol–water partition coefficient (Wildman–Crippen LogP) is 1.77. The van der Waals surface area contributed by atoms with E-state index in [-0.39, 0.29) is 17.9 Å².